The van der Waals surface area contributed by atoms with Crippen LogP contribution in [0.25, 0.3) is 0 Å². The largest absolute Gasteiger partial charge is 0.361 e. The van der Waals surface area contributed by atoms with Crippen LogP contribution in [-0.4, -0.2) is 48.2 Å². The number of aromatic nitrogens is 1. The van der Waals surface area contributed by atoms with Gasteiger partial charge in [-0.3, -0.25) is 4.90 Å². The lowest BCUT2D eigenvalue weighted by Crippen LogP contribution is -2.35. The SMILES string of the molecule is CCC[C@@H]1CN(Cc2c(C)noc2C)C[C@H]1N(C)C. The summed E-state index contributed by atoms with van der Waals surface area (Å²) >= 11 is 0. The predicted molar refractivity (Wildman–Crippen MR) is 77.1 cm³/mol. The molecule has 1 aliphatic rings. The van der Waals surface area contributed by atoms with Gasteiger partial charge < -0.3 is 9.42 Å². The molecule has 0 radical (unpaired) electrons. The highest BCUT2D eigenvalue weighted by Crippen LogP contribution is 2.27. The Morgan fingerprint density at radius 2 is 2.05 bits per heavy atom. The number of rotatable bonds is 5. The fourth-order valence-corrected chi connectivity index (χ4v) is 3.26. The molecule has 0 bridgehead atoms. The predicted octanol–water partition coefficient (Wildman–Crippen LogP) is 2.45. The Kier molecular flexibility index (Phi) is 4.63. The third kappa shape index (κ3) is 3.18. The first kappa shape index (κ1) is 14.5. The standard InChI is InChI=1S/C15H27N3O/c1-6-7-13-8-18(10-15(13)17(4)5)9-14-11(2)16-19-12(14)3/h13,15H,6-10H2,1-5H3/t13-,15-/m1/s1. The van der Waals surface area contributed by atoms with Crippen LogP contribution in [0.5, 0.6) is 0 Å². The van der Waals surface area contributed by atoms with Crippen molar-refractivity contribution in [1.82, 2.24) is 15.0 Å². The Labute approximate surface area is 116 Å². The van der Waals surface area contributed by atoms with Crippen molar-refractivity contribution >= 4 is 0 Å². The Morgan fingerprint density at radius 3 is 2.58 bits per heavy atom. The highest BCUT2D eigenvalue weighted by Gasteiger charge is 2.33. The summed E-state index contributed by atoms with van der Waals surface area (Å²) in [5, 5.41) is 4.06. The van der Waals surface area contributed by atoms with Crippen LogP contribution in [0.4, 0.5) is 0 Å². The zero-order chi connectivity index (χ0) is 14.0. The molecule has 0 amide bonds. The Morgan fingerprint density at radius 1 is 1.32 bits per heavy atom. The van der Waals surface area contributed by atoms with E-state index >= 15 is 0 Å². The summed E-state index contributed by atoms with van der Waals surface area (Å²) in [6.07, 6.45) is 2.59. The van der Waals surface area contributed by atoms with E-state index in [0.29, 0.717) is 6.04 Å². The third-order valence-corrected chi connectivity index (χ3v) is 4.37. The van der Waals surface area contributed by atoms with Crippen LogP contribution in [0.15, 0.2) is 4.52 Å². The summed E-state index contributed by atoms with van der Waals surface area (Å²) in [6, 6.07) is 0.681. The average Bonchev–Trinajstić information content (AvgIpc) is 2.88. The van der Waals surface area contributed by atoms with Crippen LogP contribution >= 0.6 is 0 Å². The van der Waals surface area contributed by atoms with E-state index in [1.165, 1.54) is 24.9 Å². The van der Waals surface area contributed by atoms with Gasteiger partial charge in [-0.1, -0.05) is 18.5 Å². The molecule has 0 N–H and O–H groups in total. The van der Waals surface area contributed by atoms with Crippen LogP contribution in [0.1, 0.15) is 36.8 Å². The van der Waals surface area contributed by atoms with Gasteiger partial charge >= 0.3 is 0 Å². The van der Waals surface area contributed by atoms with Crippen molar-refractivity contribution in [3.8, 4) is 0 Å². The van der Waals surface area contributed by atoms with Crippen molar-refractivity contribution in [3.05, 3.63) is 17.0 Å². The van der Waals surface area contributed by atoms with Crippen LogP contribution < -0.4 is 0 Å². The molecule has 2 heterocycles. The van der Waals surface area contributed by atoms with Gasteiger partial charge in [0.1, 0.15) is 5.76 Å². The molecule has 1 aliphatic heterocycles. The minimum absolute atomic E-state index is 0.681. The van der Waals surface area contributed by atoms with E-state index in [4.69, 9.17) is 4.52 Å². The quantitative estimate of drug-likeness (QED) is 0.818. The fourth-order valence-electron chi connectivity index (χ4n) is 3.26. The average molecular weight is 265 g/mol. The molecule has 2 atom stereocenters. The van der Waals surface area contributed by atoms with Gasteiger partial charge in [-0.05, 0) is 40.3 Å². The summed E-state index contributed by atoms with van der Waals surface area (Å²) in [7, 11) is 4.40. The molecular formula is C15H27N3O. The van der Waals surface area contributed by atoms with Gasteiger partial charge in [-0.2, -0.15) is 0 Å². The van der Waals surface area contributed by atoms with Crippen LogP contribution in [-0.2, 0) is 6.54 Å². The second-order valence-electron chi connectivity index (χ2n) is 6.08. The van der Waals surface area contributed by atoms with E-state index in [1.54, 1.807) is 0 Å². The maximum Gasteiger partial charge on any atom is 0.138 e. The Balaban J connectivity index is 2.03. The summed E-state index contributed by atoms with van der Waals surface area (Å²) in [4.78, 5) is 4.94. The molecule has 4 heteroatoms. The van der Waals surface area contributed by atoms with Gasteiger partial charge in [-0.25, -0.2) is 0 Å². The third-order valence-electron chi connectivity index (χ3n) is 4.37. The highest BCUT2D eigenvalue weighted by atomic mass is 16.5. The Bertz CT molecular complexity index is 394. The van der Waals surface area contributed by atoms with E-state index in [2.05, 4.69) is 36.0 Å². The first-order chi connectivity index (χ1) is 9.02. The maximum absolute atomic E-state index is 5.27. The normalized spacial score (nSPS) is 24.5. The van der Waals surface area contributed by atoms with Crippen LogP contribution in [0.2, 0.25) is 0 Å². The van der Waals surface area contributed by atoms with Crippen LogP contribution in [0, 0.1) is 19.8 Å². The number of likely N-dealkylation sites (N-methyl/N-ethyl adjacent to an activating group) is 1. The maximum atomic E-state index is 5.27. The van der Waals surface area contributed by atoms with E-state index in [1.807, 2.05) is 13.8 Å². The summed E-state index contributed by atoms with van der Waals surface area (Å²) < 4.78 is 5.27. The monoisotopic (exact) mass is 265 g/mol. The van der Waals surface area contributed by atoms with Gasteiger partial charge in [0.25, 0.3) is 0 Å². The van der Waals surface area contributed by atoms with E-state index in [9.17, 15) is 0 Å². The smallest absolute Gasteiger partial charge is 0.138 e. The second kappa shape index (κ2) is 6.06. The number of likely N-dealkylation sites (tertiary alicyclic amines) is 1. The lowest BCUT2D eigenvalue weighted by molar-refractivity contribution is 0.238. The number of hydrogen-bond acceptors (Lipinski definition) is 4. The van der Waals surface area contributed by atoms with Crippen molar-refractivity contribution in [3.63, 3.8) is 0 Å². The summed E-state index contributed by atoms with van der Waals surface area (Å²) in [6.45, 7) is 9.66. The van der Waals surface area contributed by atoms with Crippen molar-refractivity contribution in [2.24, 2.45) is 5.92 Å². The fraction of sp³-hybridized carbons (Fsp3) is 0.800. The molecule has 1 saturated heterocycles. The van der Waals surface area contributed by atoms with E-state index in [-0.39, 0.29) is 0 Å². The molecule has 1 aromatic heterocycles. The topological polar surface area (TPSA) is 32.5 Å². The number of nitrogens with zero attached hydrogens (tertiary/aromatic N) is 3. The minimum Gasteiger partial charge on any atom is -0.361 e. The Hall–Kier alpha value is -0.870. The zero-order valence-corrected chi connectivity index (χ0v) is 12.9. The van der Waals surface area contributed by atoms with Crippen molar-refractivity contribution < 1.29 is 4.52 Å². The molecule has 108 valence electrons. The van der Waals surface area contributed by atoms with Crippen molar-refractivity contribution in [2.45, 2.75) is 46.2 Å². The van der Waals surface area contributed by atoms with Gasteiger partial charge in [0.2, 0.25) is 0 Å². The molecule has 0 spiro atoms. The molecule has 19 heavy (non-hydrogen) atoms. The molecule has 1 aromatic rings. The summed E-state index contributed by atoms with van der Waals surface area (Å²) in [5.74, 6) is 1.76. The number of aryl methyl sites for hydroxylation is 2. The van der Waals surface area contributed by atoms with E-state index in [0.717, 1.165) is 30.5 Å². The minimum atomic E-state index is 0.681. The molecule has 2 rings (SSSR count). The molecular weight excluding hydrogens is 238 g/mol. The highest BCUT2D eigenvalue weighted by molar-refractivity contribution is 5.20. The van der Waals surface area contributed by atoms with E-state index < -0.39 is 0 Å². The molecule has 0 unspecified atom stereocenters. The van der Waals surface area contributed by atoms with Gasteiger partial charge in [0, 0.05) is 31.2 Å². The first-order valence-electron chi connectivity index (χ1n) is 7.33. The van der Waals surface area contributed by atoms with Crippen molar-refractivity contribution in [1.29, 1.82) is 0 Å². The summed E-state index contributed by atoms with van der Waals surface area (Å²) in [5.41, 5.74) is 2.31. The second-order valence-corrected chi connectivity index (χ2v) is 6.08. The van der Waals surface area contributed by atoms with Crippen LogP contribution in [0.3, 0.4) is 0 Å². The molecule has 4 nitrogen and oxygen atoms in total. The van der Waals surface area contributed by atoms with Gasteiger partial charge in [0.05, 0.1) is 5.69 Å². The van der Waals surface area contributed by atoms with Gasteiger partial charge in [-0.15, -0.1) is 0 Å². The molecule has 0 aromatic carbocycles. The molecule has 0 saturated carbocycles. The lowest BCUT2D eigenvalue weighted by atomic mass is 9.98. The lowest BCUT2D eigenvalue weighted by Gasteiger charge is -2.24. The molecule has 1 fully saturated rings. The first-order valence-corrected chi connectivity index (χ1v) is 7.33. The van der Waals surface area contributed by atoms with Crippen molar-refractivity contribution in [2.75, 3.05) is 27.2 Å². The molecule has 0 aliphatic carbocycles. The van der Waals surface area contributed by atoms with Gasteiger partial charge in [0.15, 0.2) is 0 Å². The number of hydrogen-bond donors (Lipinski definition) is 0. The zero-order valence-electron chi connectivity index (χ0n) is 12.9.